The zero-order valence-electron chi connectivity index (χ0n) is 16.6. The zero-order chi connectivity index (χ0) is 20.6. The summed E-state index contributed by atoms with van der Waals surface area (Å²) in [5.41, 5.74) is 1.52. The van der Waals surface area contributed by atoms with Crippen LogP contribution in [0.1, 0.15) is 38.2 Å². The molecule has 1 saturated carbocycles. The summed E-state index contributed by atoms with van der Waals surface area (Å²) in [5, 5.41) is 12.6. The molecule has 1 aromatic heterocycles. The van der Waals surface area contributed by atoms with Crippen molar-refractivity contribution in [3.05, 3.63) is 48.3 Å². The second-order valence-electron chi connectivity index (χ2n) is 7.39. The van der Waals surface area contributed by atoms with Crippen LogP contribution >= 0.6 is 0 Å². The first-order valence-electron chi connectivity index (χ1n) is 9.92. The fraction of sp³-hybridized carbons (Fsp3) is 0.429. The predicted octanol–water partition coefficient (Wildman–Crippen LogP) is 1.83. The first-order valence-corrected chi connectivity index (χ1v) is 9.92. The summed E-state index contributed by atoms with van der Waals surface area (Å²) >= 11 is 0. The van der Waals surface area contributed by atoms with Gasteiger partial charge in [-0.3, -0.25) is 19.1 Å². The Morgan fingerprint density at radius 3 is 2.69 bits per heavy atom. The Labute approximate surface area is 170 Å². The van der Waals surface area contributed by atoms with Gasteiger partial charge in [-0.25, -0.2) is 0 Å². The molecule has 1 aliphatic carbocycles. The maximum atomic E-state index is 12.7. The molecule has 0 saturated heterocycles. The van der Waals surface area contributed by atoms with E-state index in [9.17, 15) is 14.4 Å². The molecule has 1 fully saturated rings. The van der Waals surface area contributed by atoms with Gasteiger partial charge in [0.05, 0.1) is 0 Å². The Morgan fingerprint density at radius 2 is 2.00 bits per heavy atom. The lowest BCUT2D eigenvalue weighted by molar-refractivity contribution is -0.129. The van der Waals surface area contributed by atoms with Crippen LogP contribution in [0.4, 0.5) is 5.69 Å². The van der Waals surface area contributed by atoms with Crippen LogP contribution in [-0.4, -0.2) is 33.5 Å². The number of carbonyl (C=O) groups excluding carboxylic acids is 3. The van der Waals surface area contributed by atoms with Crippen molar-refractivity contribution in [2.45, 2.75) is 51.7 Å². The zero-order valence-corrected chi connectivity index (χ0v) is 16.6. The first kappa shape index (κ1) is 20.6. The number of aromatic nitrogens is 2. The van der Waals surface area contributed by atoms with E-state index < -0.39 is 6.04 Å². The number of benzene rings is 1. The molecule has 1 aliphatic rings. The van der Waals surface area contributed by atoms with E-state index in [0.29, 0.717) is 12.2 Å². The number of amides is 3. The molecule has 0 radical (unpaired) electrons. The normalized spacial score (nSPS) is 14.9. The minimum atomic E-state index is -0.494. The van der Waals surface area contributed by atoms with Crippen LogP contribution in [0.3, 0.4) is 0 Å². The Morgan fingerprint density at radius 1 is 1.21 bits per heavy atom. The second-order valence-corrected chi connectivity index (χ2v) is 7.39. The Hall–Kier alpha value is -3.16. The standard InChI is InChI=1S/C21H27N5O3/c1-15(27)24-20(17-7-2-3-8-17)21(29)22-13-16-6-4-9-18(12-16)25-19(28)14-26-11-5-10-23-26/h4-6,9-12,17,20H,2-3,7-8,13-14H2,1H3,(H,22,29)(H,24,27)(H,25,28). The van der Waals surface area contributed by atoms with Gasteiger partial charge < -0.3 is 16.0 Å². The van der Waals surface area contributed by atoms with Gasteiger partial charge in [-0.15, -0.1) is 0 Å². The molecule has 0 aliphatic heterocycles. The van der Waals surface area contributed by atoms with Crippen molar-refractivity contribution < 1.29 is 14.4 Å². The first-order chi connectivity index (χ1) is 14.0. The molecule has 2 aromatic rings. The number of nitrogens with zero attached hydrogens (tertiary/aromatic N) is 2. The van der Waals surface area contributed by atoms with E-state index in [1.54, 1.807) is 29.2 Å². The third kappa shape index (κ3) is 6.17. The van der Waals surface area contributed by atoms with E-state index >= 15 is 0 Å². The molecule has 0 spiro atoms. The molecule has 8 nitrogen and oxygen atoms in total. The Bertz CT molecular complexity index is 844. The van der Waals surface area contributed by atoms with E-state index in [0.717, 1.165) is 31.2 Å². The minimum Gasteiger partial charge on any atom is -0.350 e. The third-order valence-corrected chi connectivity index (χ3v) is 5.05. The van der Waals surface area contributed by atoms with Crippen LogP contribution in [0, 0.1) is 5.92 Å². The number of rotatable bonds is 8. The fourth-order valence-electron chi connectivity index (χ4n) is 3.71. The lowest BCUT2D eigenvalue weighted by Gasteiger charge is -2.23. The smallest absolute Gasteiger partial charge is 0.246 e. The van der Waals surface area contributed by atoms with Gasteiger partial charge in [0, 0.05) is 31.5 Å². The van der Waals surface area contributed by atoms with Crippen LogP contribution in [-0.2, 0) is 27.5 Å². The van der Waals surface area contributed by atoms with E-state index in [2.05, 4.69) is 21.0 Å². The average molecular weight is 397 g/mol. The molecule has 3 amide bonds. The van der Waals surface area contributed by atoms with Crippen LogP contribution < -0.4 is 16.0 Å². The van der Waals surface area contributed by atoms with Gasteiger partial charge in [-0.1, -0.05) is 25.0 Å². The Kier molecular flexibility index (Phi) is 6.99. The molecule has 1 aromatic carbocycles. The largest absolute Gasteiger partial charge is 0.350 e. The van der Waals surface area contributed by atoms with Crippen LogP contribution in [0.5, 0.6) is 0 Å². The molecule has 1 atom stereocenters. The van der Waals surface area contributed by atoms with Gasteiger partial charge in [0.2, 0.25) is 17.7 Å². The quantitative estimate of drug-likeness (QED) is 0.632. The summed E-state index contributed by atoms with van der Waals surface area (Å²) < 4.78 is 1.55. The van der Waals surface area contributed by atoms with E-state index in [1.165, 1.54) is 6.92 Å². The van der Waals surface area contributed by atoms with Crippen molar-refractivity contribution in [2.75, 3.05) is 5.32 Å². The van der Waals surface area contributed by atoms with Crippen molar-refractivity contribution in [3.63, 3.8) is 0 Å². The summed E-state index contributed by atoms with van der Waals surface area (Å²) in [6, 6.07) is 8.60. The molecule has 8 heteroatoms. The van der Waals surface area contributed by atoms with Crippen LogP contribution in [0.25, 0.3) is 0 Å². The summed E-state index contributed by atoms with van der Waals surface area (Å²) in [4.78, 5) is 36.3. The van der Waals surface area contributed by atoms with E-state index in [4.69, 9.17) is 0 Å². The average Bonchev–Trinajstić information content (AvgIpc) is 3.38. The highest BCUT2D eigenvalue weighted by atomic mass is 16.2. The van der Waals surface area contributed by atoms with Gasteiger partial charge >= 0.3 is 0 Å². The SMILES string of the molecule is CC(=O)NC(C(=O)NCc1cccc(NC(=O)Cn2cccn2)c1)C1CCCC1. The van der Waals surface area contributed by atoms with Crippen molar-refractivity contribution in [1.82, 2.24) is 20.4 Å². The maximum absolute atomic E-state index is 12.7. The van der Waals surface area contributed by atoms with Gasteiger partial charge in [-0.2, -0.15) is 5.10 Å². The molecule has 1 heterocycles. The number of carbonyl (C=O) groups is 3. The highest BCUT2D eigenvalue weighted by Crippen LogP contribution is 2.28. The Balaban J connectivity index is 1.55. The lowest BCUT2D eigenvalue weighted by Crippen LogP contribution is -2.49. The highest BCUT2D eigenvalue weighted by molar-refractivity contribution is 5.90. The molecule has 0 bridgehead atoms. The van der Waals surface area contributed by atoms with Crippen molar-refractivity contribution >= 4 is 23.4 Å². The third-order valence-electron chi connectivity index (χ3n) is 5.05. The minimum absolute atomic E-state index is 0.133. The summed E-state index contributed by atoms with van der Waals surface area (Å²) in [6.45, 7) is 1.89. The molecular formula is C21H27N5O3. The molecule has 1 unspecified atom stereocenters. The molecular weight excluding hydrogens is 370 g/mol. The molecule has 3 N–H and O–H groups in total. The number of nitrogens with one attached hydrogen (secondary N) is 3. The summed E-state index contributed by atoms with van der Waals surface area (Å²) in [6.07, 6.45) is 7.44. The fourth-order valence-corrected chi connectivity index (χ4v) is 3.71. The topological polar surface area (TPSA) is 105 Å². The van der Waals surface area contributed by atoms with Gasteiger partial charge in [0.1, 0.15) is 12.6 Å². The number of hydrogen-bond donors (Lipinski definition) is 3. The van der Waals surface area contributed by atoms with Gasteiger partial charge in [0.25, 0.3) is 0 Å². The lowest BCUT2D eigenvalue weighted by atomic mass is 9.97. The van der Waals surface area contributed by atoms with Gasteiger partial charge in [0.15, 0.2) is 0 Å². The highest BCUT2D eigenvalue weighted by Gasteiger charge is 2.31. The monoisotopic (exact) mass is 397 g/mol. The summed E-state index contributed by atoms with van der Waals surface area (Å²) in [5.74, 6) is -0.354. The molecule has 3 rings (SSSR count). The van der Waals surface area contributed by atoms with Crippen LogP contribution in [0.15, 0.2) is 42.7 Å². The van der Waals surface area contributed by atoms with Crippen molar-refractivity contribution in [2.24, 2.45) is 5.92 Å². The number of anilines is 1. The van der Waals surface area contributed by atoms with Crippen LogP contribution in [0.2, 0.25) is 0 Å². The maximum Gasteiger partial charge on any atom is 0.246 e. The second kappa shape index (κ2) is 9.86. The van der Waals surface area contributed by atoms with Gasteiger partial charge in [-0.05, 0) is 42.5 Å². The predicted molar refractivity (Wildman–Crippen MR) is 109 cm³/mol. The summed E-state index contributed by atoms with van der Waals surface area (Å²) in [7, 11) is 0. The van der Waals surface area contributed by atoms with E-state index in [-0.39, 0.29) is 30.2 Å². The molecule has 29 heavy (non-hydrogen) atoms. The molecule has 154 valence electrons. The number of hydrogen-bond acceptors (Lipinski definition) is 4. The van der Waals surface area contributed by atoms with Crippen molar-refractivity contribution in [1.29, 1.82) is 0 Å². The van der Waals surface area contributed by atoms with Crippen molar-refractivity contribution in [3.8, 4) is 0 Å². The van der Waals surface area contributed by atoms with E-state index in [1.807, 2.05) is 18.2 Å².